The van der Waals surface area contributed by atoms with E-state index in [1.54, 1.807) is 6.92 Å². The fourth-order valence-corrected chi connectivity index (χ4v) is 1.03. The van der Waals surface area contributed by atoms with Crippen LogP contribution in [0.5, 0.6) is 11.5 Å². The van der Waals surface area contributed by atoms with Gasteiger partial charge in [0.25, 0.3) is 0 Å². The minimum Gasteiger partial charge on any atom is -0.504 e. The molecule has 0 aliphatic rings. The van der Waals surface area contributed by atoms with Crippen LogP contribution in [0.15, 0.2) is 18.2 Å². The number of rotatable bonds is 2. The molecule has 72 valence electrons. The van der Waals surface area contributed by atoms with E-state index in [0.29, 0.717) is 5.56 Å². The van der Waals surface area contributed by atoms with Gasteiger partial charge in [0.2, 0.25) is 0 Å². The van der Waals surface area contributed by atoms with Crippen LogP contribution in [0.4, 0.5) is 0 Å². The van der Waals surface area contributed by atoms with Gasteiger partial charge in [0.1, 0.15) is 0 Å². The van der Waals surface area contributed by atoms with Gasteiger partial charge in [-0.05, 0) is 24.6 Å². The second-order valence-corrected chi connectivity index (χ2v) is 3.05. The maximum atomic E-state index is 9.50. The Balaban J connectivity index is 2.97. The van der Waals surface area contributed by atoms with Crippen LogP contribution in [0.1, 0.15) is 18.6 Å². The lowest BCUT2D eigenvalue weighted by Crippen LogP contribution is -2.24. The average molecular weight is 183 g/mol. The van der Waals surface area contributed by atoms with Crippen LogP contribution in [0.3, 0.4) is 0 Å². The molecule has 0 unspecified atom stereocenters. The second kappa shape index (κ2) is 3.64. The van der Waals surface area contributed by atoms with Crippen molar-refractivity contribution in [1.82, 2.24) is 0 Å². The molecule has 0 aliphatic heterocycles. The molecule has 1 rings (SSSR count). The third kappa shape index (κ3) is 2.11. The Hall–Kier alpha value is -1.26. The van der Waals surface area contributed by atoms with Gasteiger partial charge in [-0.15, -0.1) is 0 Å². The van der Waals surface area contributed by atoms with Crippen LogP contribution in [0, 0.1) is 0 Å². The molecular formula is C9H13NO3. The number of aliphatic hydroxyl groups is 1. The van der Waals surface area contributed by atoms with Crippen LogP contribution in [0.25, 0.3) is 0 Å². The third-order valence-corrected chi connectivity index (χ3v) is 1.84. The van der Waals surface area contributed by atoms with Crippen molar-refractivity contribution in [3.63, 3.8) is 0 Å². The summed E-state index contributed by atoms with van der Waals surface area (Å²) in [5.41, 5.74) is 5.95. The molecule has 0 heterocycles. The van der Waals surface area contributed by atoms with Crippen molar-refractivity contribution >= 4 is 0 Å². The number of hydrogen-bond acceptors (Lipinski definition) is 4. The van der Waals surface area contributed by atoms with Gasteiger partial charge in [-0.2, -0.15) is 0 Å². The van der Waals surface area contributed by atoms with Gasteiger partial charge in [0, 0.05) is 6.04 Å². The topological polar surface area (TPSA) is 86.7 Å². The van der Waals surface area contributed by atoms with E-state index in [4.69, 9.17) is 15.9 Å². The number of aromatic hydroxyl groups is 2. The molecule has 0 saturated heterocycles. The first-order valence-electron chi connectivity index (χ1n) is 3.98. The van der Waals surface area contributed by atoms with Gasteiger partial charge in [0.15, 0.2) is 11.5 Å². The molecule has 0 fully saturated rings. The highest BCUT2D eigenvalue weighted by atomic mass is 16.3. The summed E-state index contributed by atoms with van der Waals surface area (Å²) in [6.45, 7) is 1.66. The van der Waals surface area contributed by atoms with Crippen molar-refractivity contribution in [2.45, 2.75) is 19.1 Å². The zero-order valence-electron chi connectivity index (χ0n) is 7.31. The summed E-state index contributed by atoms with van der Waals surface area (Å²) in [5.74, 6) is -0.460. The molecule has 0 spiro atoms. The largest absolute Gasteiger partial charge is 0.504 e. The number of hydrogen-bond donors (Lipinski definition) is 4. The van der Waals surface area contributed by atoms with Crippen molar-refractivity contribution in [2.24, 2.45) is 5.73 Å². The summed E-state index contributed by atoms with van der Waals surface area (Å²) in [6, 6.07) is 3.71. The van der Waals surface area contributed by atoms with Crippen LogP contribution < -0.4 is 5.73 Å². The lowest BCUT2D eigenvalue weighted by atomic mass is 10.0. The number of aliphatic hydroxyl groups excluding tert-OH is 1. The predicted molar refractivity (Wildman–Crippen MR) is 48.4 cm³/mol. The quantitative estimate of drug-likeness (QED) is 0.502. The van der Waals surface area contributed by atoms with E-state index in [0.717, 1.165) is 0 Å². The third-order valence-electron chi connectivity index (χ3n) is 1.84. The SMILES string of the molecule is C[C@H](N)[C@@H](O)c1ccc(O)c(O)c1. The second-order valence-electron chi connectivity index (χ2n) is 3.05. The minimum absolute atomic E-state index is 0.208. The normalized spacial score (nSPS) is 15.3. The minimum atomic E-state index is -0.827. The zero-order chi connectivity index (χ0) is 10.0. The van der Waals surface area contributed by atoms with Gasteiger partial charge in [0.05, 0.1) is 6.10 Å². The molecule has 0 aliphatic carbocycles. The van der Waals surface area contributed by atoms with Crippen molar-refractivity contribution in [1.29, 1.82) is 0 Å². The van der Waals surface area contributed by atoms with E-state index in [9.17, 15) is 5.11 Å². The molecule has 0 amide bonds. The molecule has 13 heavy (non-hydrogen) atoms. The number of benzene rings is 1. The predicted octanol–water partition coefficient (Wildman–Crippen LogP) is 0.478. The Bertz CT molecular complexity index is 299. The molecular weight excluding hydrogens is 170 g/mol. The molecule has 0 radical (unpaired) electrons. The Labute approximate surface area is 76.2 Å². The molecule has 5 N–H and O–H groups in total. The fraction of sp³-hybridized carbons (Fsp3) is 0.333. The molecule has 0 aromatic heterocycles. The lowest BCUT2D eigenvalue weighted by molar-refractivity contribution is 0.153. The van der Waals surface area contributed by atoms with E-state index < -0.39 is 12.1 Å². The first-order valence-corrected chi connectivity index (χ1v) is 3.98. The number of nitrogens with two attached hydrogens (primary N) is 1. The fourth-order valence-electron chi connectivity index (χ4n) is 1.03. The Morgan fingerprint density at radius 2 is 1.85 bits per heavy atom. The molecule has 4 nitrogen and oxygen atoms in total. The number of phenolic OH excluding ortho intramolecular Hbond substituents is 2. The molecule has 1 aromatic carbocycles. The van der Waals surface area contributed by atoms with Crippen molar-refractivity contribution in [2.75, 3.05) is 0 Å². The van der Waals surface area contributed by atoms with Crippen molar-refractivity contribution in [3.8, 4) is 11.5 Å². The highest BCUT2D eigenvalue weighted by Crippen LogP contribution is 2.28. The van der Waals surface area contributed by atoms with E-state index in [1.165, 1.54) is 18.2 Å². The summed E-state index contributed by atoms with van der Waals surface area (Å²) < 4.78 is 0. The van der Waals surface area contributed by atoms with E-state index >= 15 is 0 Å². The maximum Gasteiger partial charge on any atom is 0.157 e. The van der Waals surface area contributed by atoms with Crippen LogP contribution >= 0.6 is 0 Å². The van der Waals surface area contributed by atoms with E-state index in [-0.39, 0.29) is 11.5 Å². The molecule has 0 bridgehead atoms. The van der Waals surface area contributed by atoms with Crippen LogP contribution in [-0.4, -0.2) is 21.4 Å². The standard InChI is InChI=1S/C9H13NO3/c1-5(10)9(13)6-2-3-7(11)8(12)4-6/h2-5,9,11-13H,10H2,1H3/t5-,9+/m0/s1. The first kappa shape index (κ1) is 9.83. The Morgan fingerprint density at radius 1 is 1.23 bits per heavy atom. The Kier molecular flexibility index (Phi) is 2.75. The van der Waals surface area contributed by atoms with Crippen molar-refractivity contribution < 1.29 is 15.3 Å². The first-order chi connectivity index (χ1) is 6.02. The van der Waals surface area contributed by atoms with E-state index in [1.807, 2.05) is 0 Å². The van der Waals surface area contributed by atoms with Crippen molar-refractivity contribution in [3.05, 3.63) is 23.8 Å². The summed E-state index contributed by atoms with van der Waals surface area (Å²) in [5, 5.41) is 27.6. The van der Waals surface area contributed by atoms with Gasteiger partial charge >= 0.3 is 0 Å². The van der Waals surface area contributed by atoms with Gasteiger partial charge in [-0.1, -0.05) is 6.07 Å². The smallest absolute Gasteiger partial charge is 0.157 e. The molecule has 1 aromatic rings. The lowest BCUT2D eigenvalue weighted by Gasteiger charge is -2.14. The highest BCUT2D eigenvalue weighted by Gasteiger charge is 2.13. The maximum absolute atomic E-state index is 9.50. The zero-order valence-corrected chi connectivity index (χ0v) is 7.31. The molecule has 2 atom stereocenters. The number of phenols is 2. The molecule has 0 saturated carbocycles. The van der Waals surface area contributed by atoms with Gasteiger partial charge in [-0.25, -0.2) is 0 Å². The monoisotopic (exact) mass is 183 g/mol. The average Bonchev–Trinajstić information content (AvgIpc) is 2.08. The van der Waals surface area contributed by atoms with Gasteiger partial charge < -0.3 is 21.1 Å². The summed E-state index contributed by atoms with van der Waals surface area (Å²) >= 11 is 0. The van der Waals surface area contributed by atoms with Crippen LogP contribution in [0.2, 0.25) is 0 Å². The summed E-state index contributed by atoms with van der Waals surface area (Å²) in [4.78, 5) is 0. The van der Waals surface area contributed by atoms with Gasteiger partial charge in [-0.3, -0.25) is 0 Å². The van der Waals surface area contributed by atoms with E-state index in [2.05, 4.69) is 0 Å². The molecule has 4 heteroatoms. The van der Waals surface area contributed by atoms with Crippen LogP contribution in [-0.2, 0) is 0 Å². The Morgan fingerprint density at radius 3 is 2.31 bits per heavy atom. The summed E-state index contributed by atoms with van der Waals surface area (Å²) in [6.07, 6.45) is -0.827. The summed E-state index contributed by atoms with van der Waals surface area (Å²) in [7, 11) is 0. The highest BCUT2D eigenvalue weighted by molar-refractivity contribution is 5.41.